The molecule has 94 valence electrons. The van der Waals surface area contributed by atoms with Gasteiger partial charge in [0.2, 0.25) is 0 Å². The maximum Gasteiger partial charge on any atom is 0.00356 e. The fraction of sp³-hybridized carbons (Fsp3) is 1.00. The molecule has 0 radical (unpaired) electrons. The number of piperidine rings is 1. The third-order valence-electron chi connectivity index (χ3n) is 4.92. The normalized spacial score (nSPS) is 26.6. The molecule has 0 aromatic carbocycles. The Morgan fingerprint density at radius 2 is 1.81 bits per heavy atom. The Bertz CT molecular complexity index is 221. The molecule has 0 amide bonds. The molecule has 1 aliphatic carbocycles. The summed E-state index contributed by atoms with van der Waals surface area (Å²) in [5, 5.41) is 0. The molecule has 2 aliphatic rings. The molecular formula is C14H28N2. The molecule has 16 heavy (non-hydrogen) atoms. The number of hydrogen-bond acceptors (Lipinski definition) is 2. The van der Waals surface area contributed by atoms with Gasteiger partial charge in [0.15, 0.2) is 0 Å². The molecule has 2 nitrogen and oxygen atoms in total. The number of nitrogens with zero attached hydrogens (tertiary/aromatic N) is 2. The Hall–Kier alpha value is -0.0800. The van der Waals surface area contributed by atoms with Crippen LogP contribution in [0, 0.1) is 11.3 Å². The molecule has 2 fully saturated rings. The van der Waals surface area contributed by atoms with Gasteiger partial charge in [0.1, 0.15) is 0 Å². The van der Waals surface area contributed by atoms with E-state index in [-0.39, 0.29) is 0 Å². The summed E-state index contributed by atoms with van der Waals surface area (Å²) < 4.78 is 0. The van der Waals surface area contributed by atoms with Crippen molar-refractivity contribution in [2.24, 2.45) is 11.3 Å². The molecule has 0 bridgehead atoms. The highest BCUT2D eigenvalue weighted by Crippen LogP contribution is 2.52. The van der Waals surface area contributed by atoms with Gasteiger partial charge in [-0.25, -0.2) is 0 Å². The third-order valence-corrected chi connectivity index (χ3v) is 4.92. The van der Waals surface area contributed by atoms with E-state index in [2.05, 4.69) is 37.7 Å². The second-order valence-corrected chi connectivity index (χ2v) is 6.61. The lowest BCUT2D eigenvalue weighted by Gasteiger charge is -2.53. The SMILES string of the molecule is CC(C)N(C)CC1CC2(CCN(C)CC2)C1. The summed E-state index contributed by atoms with van der Waals surface area (Å²) >= 11 is 0. The molecule has 1 saturated heterocycles. The average molecular weight is 224 g/mol. The van der Waals surface area contributed by atoms with Crippen LogP contribution in [0.15, 0.2) is 0 Å². The van der Waals surface area contributed by atoms with Crippen LogP contribution >= 0.6 is 0 Å². The molecule has 1 aliphatic heterocycles. The van der Waals surface area contributed by atoms with Crippen molar-refractivity contribution in [3.05, 3.63) is 0 Å². The smallest absolute Gasteiger partial charge is 0.00356 e. The highest BCUT2D eigenvalue weighted by atomic mass is 15.1. The molecule has 0 aromatic rings. The fourth-order valence-electron chi connectivity index (χ4n) is 3.41. The van der Waals surface area contributed by atoms with E-state index < -0.39 is 0 Å². The van der Waals surface area contributed by atoms with Crippen LogP contribution in [0.25, 0.3) is 0 Å². The van der Waals surface area contributed by atoms with Crippen molar-refractivity contribution in [3.8, 4) is 0 Å². The summed E-state index contributed by atoms with van der Waals surface area (Å²) in [5.41, 5.74) is 0.759. The molecule has 2 heteroatoms. The Kier molecular flexibility index (Phi) is 3.60. The fourth-order valence-corrected chi connectivity index (χ4v) is 3.41. The summed E-state index contributed by atoms with van der Waals surface area (Å²) in [7, 11) is 4.53. The van der Waals surface area contributed by atoms with Crippen LogP contribution in [0.2, 0.25) is 0 Å². The van der Waals surface area contributed by atoms with Crippen LogP contribution < -0.4 is 0 Å². The molecule has 1 saturated carbocycles. The standard InChI is InChI=1S/C14H28N2/c1-12(2)16(4)11-13-9-14(10-13)5-7-15(3)8-6-14/h12-13H,5-11H2,1-4H3. The average Bonchev–Trinajstić information content (AvgIpc) is 2.19. The lowest BCUT2D eigenvalue weighted by molar-refractivity contribution is -0.0208. The Labute approximate surface area is 101 Å². The number of hydrogen-bond donors (Lipinski definition) is 0. The molecule has 0 unspecified atom stereocenters. The largest absolute Gasteiger partial charge is 0.306 e. The van der Waals surface area contributed by atoms with Gasteiger partial charge in [-0.15, -0.1) is 0 Å². The van der Waals surface area contributed by atoms with Crippen molar-refractivity contribution in [2.75, 3.05) is 33.7 Å². The number of likely N-dealkylation sites (tertiary alicyclic amines) is 1. The summed E-state index contributed by atoms with van der Waals surface area (Å²) in [6.07, 6.45) is 5.90. The molecule has 2 rings (SSSR count). The first-order valence-corrected chi connectivity index (χ1v) is 6.89. The van der Waals surface area contributed by atoms with Crippen molar-refractivity contribution in [3.63, 3.8) is 0 Å². The summed E-state index contributed by atoms with van der Waals surface area (Å²) in [6, 6.07) is 0.703. The van der Waals surface area contributed by atoms with Gasteiger partial charge in [0, 0.05) is 12.6 Å². The first-order chi connectivity index (χ1) is 7.51. The lowest BCUT2D eigenvalue weighted by Crippen LogP contribution is -2.49. The highest BCUT2D eigenvalue weighted by Gasteiger charge is 2.45. The quantitative estimate of drug-likeness (QED) is 0.726. The summed E-state index contributed by atoms with van der Waals surface area (Å²) in [4.78, 5) is 4.99. The molecule has 0 N–H and O–H groups in total. The van der Waals surface area contributed by atoms with E-state index in [1.54, 1.807) is 0 Å². The maximum absolute atomic E-state index is 2.51. The van der Waals surface area contributed by atoms with Gasteiger partial charge in [-0.2, -0.15) is 0 Å². The minimum Gasteiger partial charge on any atom is -0.306 e. The van der Waals surface area contributed by atoms with Crippen molar-refractivity contribution >= 4 is 0 Å². The van der Waals surface area contributed by atoms with Crippen LogP contribution in [0.4, 0.5) is 0 Å². The lowest BCUT2D eigenvalue weighted by atomic mass is 9.57. The van der Waals surface area contributed by atoms with Crippen LogP contribution in [-0.2, 0) is 0 Å². The predicted octanol–water partition coefficient (Wildman–Crippen LogP) is 2.45. The monoisotopic (exact) mass is 224 g/mol. The zero-order valence-corrected chi connectivity index (χ0v) is 11.5. The minimum absolute atomic E-state index is 0.703. The van der Waals surface area contributed by atoms with Crippen LogP contribution in [0.5, 0.6) is 0 Å². The van der Waals surface area contributed by atoms with E-state index in [0.717, 1.165) is 11.3 Å². The van der Waals surface area contributed by atoms with Gasteiger partial charge in [-0.1, -0.05) is 0 Å². The molecule has 0 aromatic heterocycles. The van der Waals surface area contributed by atoms with Gasteiger partial charge >= 0.3 is 0 Å². The molecular weight excluding hydrogens is 196 g/mol. The highest BCUT2D eigenvalue weighted by molar-refractivity contribution is 4.97. The van der Waals surface area contributed by atoms with Crippen molar-refractivity contribution in [1.82, 2.24) is 9.80 Å². The molecule has 1 spiro atoms. The number of rotatable bonds is 3. The minimum atomic E-state index is 0.703. The van der Waals surface area contributed by atoms with Crippen molar-refractivity contribution < 1.29 is 0 Å². The zero-order chi connectivity index (χ0) is 11.8. The first kappa shape index (κ1) is 12.4. The van der Waals surface area contributed by atoms with E-state index in [0.29, 0.717) is 6.04 Å². The van der Waals surface area contributed by atoms with Gasteiger partial charge < -0.3 is 9.80 Å². The summed E-state index contributed by atoms with van der Waals surface area (Å²) in [5.74, 6) is 0.982. The third kappa shape index (κ3) is 2.60. The molecule has 1 heterocycles. The summed E-state index contributed by atoms with van der Waals surface area (Å²) in [6.45, 7) is 8.56. The zero-order valence-electron chi connectivity index (χ0n) is 11.5. The Morgan fingerprint density at radius 1 is 1.25 bits per heavy atom. The van der Waals surface area contributed by atoms with Crippen LogP contribution in [0.3, 0.4) is 0 Å². The van der Waals surface area contributed by atoms with E-state index in [4.69, 9.17) is 0 Å². The second kappa shape index (κ2) is 4.66. The first-order valence-electron chi connectivity index (χ1n) is 6.89. The predicted molar refractivity (Wildman–Crippen MR) is 69.7 cm³/mol. The Balaban J connectivity index is 1.73. The topological polar surface area (TPSA) is 6.48 Å². The van der Waals surface area contributed by atoms with E-state index in [1.165, 1.54) is 45.3 Å². The van der Waals surface area contributed by atoms with E-state index in [9.17, 15) is 0 Å². The van der Waals surface area contributed by atoms with E-state index in [1.807, 2.05) is 0 Å². The van der Waals surface area contributed by atoms with Gasteiger partial charge in [-0.3, -0.25) is 0 Å². The van der Waals surface area contributed by atoms with Gasteiger partial charge in [0.05, 0.1) is 0 Å². The second-order valence-electron chi connectivity index (χ2n) is 6.61. The van der Waals surface area contributed by atoms with Crippen molar-refractivity contribution in [1.29, 1.82) is 0 Å². The van der Waals surface area contributed by atoms with Gasteiger partial charge in [-0.05, 0) is 78.0 Å². The van der Waals surface area contributed by atoms with Crippen LogP contribution in [-0.4, -0.2) is 49.6 Å². The van der Waals surface area contributed by atoms with Crippen LogP contribution in [0.1, 0.15) is 39.5 Å². The van der Waals surface area contributed by atoms with Gasteiger partial charge in [0.25, 0.3) is 0 Å². The van der Waals surface area contributed by atoms with E-state index >= 15 is 0 Å². The van der Waals surface area contributed by atoms with Crippen molar-refractivity contribution in [2.45, 2.75) is 45.6 Å². The molecule has 0 atom stereocenters. The Morgan fingerprint density at radius 3 is 2.31 bits per heavy atom. The maximum atomic E-state index is 2.51.